The molecule has 0 aliphatic heterocycles. The lowest BCUT2D eigenvalue weighted by Gasteiger charge is -2.46. The topological polar surface area (TPSA) is 78.4 Å². The number of carboxylic acids is 1. The lowest BCUT2D eigenvalue weighted by atomic mass is 9.61. The second-order valence-electron chi connectivity index (χ2n) is 6.34. The molecule has 1 fully saturated rings. The van der Waals surface area contributed by atoms with Crippen LogP contribution in [-0.4, -0.2) is 36.1 Å². The van der Waals surface area contributed by atoms with Crippen molar-refractivity contribution in [3.63, 3.8) is 0 Å². The van der Waals surface area contributed by atoms with E-state index in [0.717, 1.165) is 6.42 Å². The van der Waals surface area contributed by atoms with E-state index in [2.05, 4.69) is 17.6 Å². The van der Waals surface area contributed by atoms with Crippen LogP contribution in [0.3, 0.4) is 0 Å². The molecule has 5 heteroatoms. The Hall–Kier alpha value is -1.10. The highest BCUT2D eigenvalue weighted by atomic mass is 16.4. The largest absolute Gasteiger partial charge is 0.481 e. The summed E-state index contributed by atoms with van der Waals surface area (Å²) in [5.41, 5.74) is -0.229. The van der Waals surface area contributed by atoms with Gasteiger partial charge in [-0.05, 0) is 31.1 Å². The van der Waals surface area contributed by atoms with Gasteiger partial charge in [-0.25, -0.2) is 0 Å². The van der Waals surface area contributed by atoms with Gasteiger partial charge in [0.05, 0.1) is 5.92 Å². The second-order valence-corrected chi connectivity index (χ2v) is 6.34. The fourth-order valence-electron chi connectivity index (χ4n) is 3.18. The molecule has 0 saturated heterocycles. The van der Waals surface area contributed by atoms with Gasteiger partial charge >= 0.3 is 5.97 Å². The molecule has 116 valence electrons. The van der Waals surface area contributed by atoms with Crippen molar-refractivity contribution in [2.45, 2.75) is 53.0 Å². The van der Waals surface area contributed by atoms with Crippen molar-refractivity contribution in [1.29, 1.82) is 0 Å². The van der Waals surface area contributed by atoms with Crippen molar-refractivity contribution < 1.29 is 14.7 Å². The molecule has 1 rings (SSSR count). The lowest BCUT2D eigenvalue weighted by Crippen LogP contribution is -2.51. The zero-order chi connectivity index (χ0) is 15.3. The minimum Gasteiger partial charge on any atom is -0.481 e. The molecule has 0 aromatic heterocycles. The quantitative estimate of drug-likeness (QED) is 0.692. The molecule has 0 heterocycles. The maximum absolute atomic E-state index is 11.4. The number of hydrogen-bond acceptors (Lipinski definition) is 3. The molecule has 0 bridgehead atoms. The second kappa shape index (κ2) is 7.07. The van der Waals surface area contributed by atoms with E-state index in [1.807, 2.05) is 20.8 Å². The van der Waals surface area contributed by atoms with E-state index in [9.17, 15) is 14.7 Å². The predicted molar refractivity (Wildman–Crippen MR) is 78.4 cm³/mol. The van der Waals surface area contributed by atoms with Crippen LogP contribution in [0.4, 0.5) is 0 Å². The number of nitrogens with one attached hydrogen (secondary N) is 2. The van der Waals surface area contributed by atoms with Crippen LogP contribution in [0.5, 0.6) is 0 Å². The van der Waals surface area contributed by atoms with Gasteiger partial charge in [-0.2, -0.15) is 0 Å². The molecule has 0 aromatic rings. The summed E-state index contributed by atoms with van der Waals surface area (Å²) in [6.45, 7) is 9.39. The van der Waals surface area contributed by atoms with Gasteiger partial charge in [-0.3, -0.25) is 9.59 Å². The molecule has 1 saturated carbocycles. The number of amides is 1. The monoisotopic (exact) mass is 284 g/mol. The Morgan fingerprint density at radius 1 is 1.30 bits per heavy atom. The van der Waals surface area contributed by atoms with E-state index >= 15 is 0 Å². The summed E-state index contributed by atoms with van der Waals surface area (Å²) in [6.07, 6.45) is 2.03. The molecule has 1 aliphatic rings. The maximum Gasteiger partial charge on any atom is 0.307 e. The van der Waals surface area contributed by atoms with E-state index in [0.29, 0.717) is 25.9 Å². The molecular weight excluding hydrogens is 256 g/mol. The number of hydrogen-bond donors (Lipinski definition) is 3. The van der Waals surface area contributed by atoms with Gasteiger partial charge in [-0.1, -0.05) is 20.8 Å². The van der Waals surface area contributed by atoms with Gasteiger partial charge in [-0.15, -0.1) is 0 Å². The predicted octanol–water partition coefficient (Wildman–Crippen LogP) is 1.63. The Labute approximate surface area is 121 Å². The van der Waals surface area contributed by atoms with Crippen molar-refractivity contribution in [3.8, 4) is 0 Å². The number of aliphatic carboxylic acids is 1. The Kier molecular flexibility index (Phi) is 5.99. The van der Waals surface area contributed by atoms with Crippen molar-refractivity contribution in [3.05, 3.63) is 0 Å². The minimum absolute atomic E-state index is 0.0612. The summed E-state index contributed by atoms with van der Waals surface area (Å²) < 4.78 is 0. The summed E-state index contributed by atoms with van der Waals surface area (Å²) in [4.78, 5) is 22.7. The molecule has 20 heavy (non-hydrogen) atoms. The summed E-state index contributed by atoms with van der Waals surface area (Å²) in [5.74, 6) is -0.640. The van der Waals surface area contributed by atoms with Gasteiger partial charge in [0.2, 0.25) is 5.91 Å². The van der Waals surface area contributed by atoms with Crippen LogP contribution in [0, 0.1) is 17.3 Å². The zero-order valence-electron chi connectivity index (χ0n) is 13.0. The average molecular weight is 284 g/mol. The Morgan fingerprint density at radius 3 is 2.50 bits per heavy atom. The molecule has 0 aromatic carbocycles. The van der Waals surface area contributed by atoms with Crippen LogP contribution in [-0.2, 0) is 9.59 Å². The Morgan fingerprint density at radius 2 is 1.95 bits per heavy atom. The van der Waals surface area contributed by atoms with Gasteiger partial charge in [0, 0.05) is 25.6 Å². The summed E-state index contributed by atoms with van der Waals surface area (Å²) in [7, 11) is 0. The first-order chi connectivity index (χ1) is 9.30. The molecule has 0 radical (unpaired) electrons. The third-order valence-corrected chi connectivity index (χ3v) is 4.87. The Balaban J connectivity index is 2.50. The third kappa shape index (κ3) is 3.95. The number of carbonyl (C=O) groups is 2. The van der Waals surface area contributed by atoms with E-state index < -0.39 is 5.97 Å². The van der Waals surface area contributed by atoms with Crippen molar-refractivity contribution in [2.24, 2.45) is 17.3 Å². The summed E-state index contributed by atoms with van der Waals surface area (Å²) >= 11 is 0. The standard InChI is InChI=1S/C15H28N2O3/c1-5-16-13(18)8-9-17-12-7-6-11(14(19)20)15(3,4)10(12)2/h10-12,17H,5-9H2,1-4H3,(H,16,18)(H,19,20). The summed E-state index contributed by atoms with van der Waals surface area (Å²) in [5, 5.41) is 15.5. The molecule has 5 nitrogen and oxygen atoms in total. The zero-order valence-corrected chi connectivity index (χ0v) is 13.0. The average Bonchev–Trinajstić information content (AvgIpc) is 2.34. The Bertz CT molecular complexity index is 355. The SMILES string of the molecule is CCNC(=O)CCNC1CCC(C(=O)O)C(C)(C)C1C. The third-order valence-electron chi connectivity index (χ3n) is 4.87. The normalized spacial score (nSPS) is 28.9. The first-order valence-corrected chi connectivity index (χ1v) is 7.53. The van der Waals surface area contributed by atoms with Crippen LogP contribution >= 0.6 is 0 Å². The first-order valence-electron chi connectivity index (χ1n) is 7.53. The molecule has 0 spiro atoms. The van der Waals surface area contributed by atoms with Gasteiger partial charge in [0.1, 0.15) is 0 Å². The van der Waals surface area contributed by atoms with Gasteiger partial charge in [0.15, 0.2) is 0 Å². The lowest BCUT2D eigenvalue weighted by molar-refractivity contribution is -0.150. The first kappa shape index (κ1) is 17.0. The van der Waals surface area contributed by atoms with Crippen LogP contribution in [0.1, 0.15) is 47.0 Å². The van der Waals surface area contributed by atoms with Crippen LogP contribution in [0.25, 0.3) is 0 Å². The highest BCUT2D eigenvalue weighted by Crippen LogP contribution is 2.44. The van der Waals surface area contributed by atoms with Crippen molar-refractivity contribution in [1.82, 2.24) is 10.6 Å². The molecule has 1 aliphatic carbocycles. The highest BCUT2D eigenvalue weighted by molar-refractivity contribution is 5.76. The molecule has 3 atom stereocenters. The smallest absolute Gasteiger partial charge is 0.307 e. The maximum atomic E-state index is 11.4. The van der Waals surface area contributed by atoms with E-state index in [1.54, 1.807) is 0 Å². The number of carbonyl (C=O) groups excluding carboxylic acids is 1. The fourth-order valence-corrected chi connectivity index (χ4v) is 3.18. The van der Waals surface area contributed by atoms with Gasteiger partial charge < -0.3 is 15.7 Å². The highest BCUT2D eigenvalue weighted by Gasteiger charge is 2.45. The van der Waals surface area contributed by atoms with Crippen LogP contribution < -0.4 is 10.6 Å². The minimum atomic E-state index is -0.692. The van der Waals surface area contributed by atoms with Gasteiger partial charge in [0.25, 0.3) is 0 Å². The fraction of sp³-hybridized carbons (Fsp3) is 0.867. The molecular formula is C15H28N2O3. The van der Waals surface area contributed by atoms with E-state index in [1.165, 1.54) is 0 Å². The molecule has 1 amide bonds. The molecule has 3 N–H and O–H groups in total. The van der Waals surface area contributed by atoms with E-state index in [-0.39, 0.29) is 29.2 Å². The van der Waals surface area contributed by atoms with E-state index in [4.69, 9.17) is 0 Å². The number of carboxylic acid groups (broad SMARTS) is 1. The van der Waals surface area contributed by atoms with Crippen molar-refractivity contribution in [2.75, 3.05) is 13.1 Å². The van der Waals surface area contributed by atoms with Crippen LogP contribution in [0.2, 0.25) is 0 Å². The van der Waals surface area contributed by atoms with Crippen molar-refractivity contribution >= 4 is 11.9 Å². The molecule has 3 unspecified atom stereocenters. The van der Waals surface area contributed by atoms with Crippen LogP contribution in [0.15, 0.2) is 0 Å². The number of rotatable bonds is 6. The summed E-state index contributed by atoms with van der Waals surface area (Å²) in [6, 6.07) is 0.287.